The van der Waals surface area contributed by atoms with Gasteiger partial charge in [0, 0.05) is 42.7 Å². The molecule has 0 aliphatic rings. The standard InChI is InChI=1S/C25H24FN3O3/c1-31-22-8-6-19(24(12-22)32-2)14-28-15-20-10-18-5-7-21(26)11-23(18)29(25(20)30)16-17-4-3-9-27-13-17/h3-13,28H,14-16H2,1-2H3. The van der Waals surface area contributed by atoms with Crippen LogP contribution in [-0.2, 0) is 19.6 Å². The fourth-order valence-electron chi connectivity index (χ4n) is 3.69. The van der Waals surface area contributed by atoms with Gasteiger partial charge in [-0.15, -0.1) is 0 Å². The van der Waals surface area contributed by atoms with Crippen LogP contribution in [0.4, 0.5) is 4.39 Å². The van der Waals surface area contributed by atoms with Crippen LogP contribution >= 0.6 is 0 Å². The molecule has 0 amide bonds. The molecule has 0 saturated heterocycles. The molecule has 0 unspecified atom stereocenters. The molecule has 32 heavy (non-hydrogen) atoms. The van der Waals surface area contributed by atoms with Gasteiger partial charge in [0.2, 0.25) is 0 Å². The van der Waals surface area contributed by atoms with Crippen molar-refractivity contribution >= 4 is 10.9 Å². The largest absolute Gasteiger partial charge is 0.497 e. The van der Waals surface area contributed by atoms with Crippen LogP contribution in [-0.4, -0.2) is 23.8 Å². The SMILES string of the molecule is COc1ccc(CNCc2cc3ccc(F)cc3n(Cc3cccnc3)c2=O)c(OC)c1. The summed E-state index contributed by atoms with van der Waals surface area (Å²) in [5.41, 5.74) is 2.81. The lowest BCUT2D eigenvalue weighted by Gasteiger charge is -2.14. The first-order chi connectivity index (χ1) is 15.6. The minimum atomic E-state index is -0.380. The molecule has 0 bridgehead atoms. The molecule has 0 spiro atoms. The second-order valence-electron chi connectivity index (χ2n) is 7.41. The minimum absolute atomic E-state index is 0.166. The summed E-state index contributed by atoms with van der Waals surface area (Å²) in [6, 6.07) is 15.6. The minimum Gasteiger partial charge on any atom is -0.497 e. The van der Waals surface area contributed by atoms with Crippen molar-refractivity contribution in [1.29, 1.82) is 0 Å². The molecule has 4 aromatic rings. The Balaban J connectivity index is 1.62. The van der Waals surface area contributed by atoms with E-state index in [1.54, 1.807) is 37.2 Å². The lowest BCUT2D eigenvalue weighted by molar-refractivity contribution is 0.389. The summed E-state index contributed by atoms with van der Waals surface area (Å²) in [6.07, 6.45) is 3.39. The molecule has 4 rings (SSSR count). The van der Waals surface area contributed by atoms with Crippen LogP contribution in [0.1, 0.15) is 16.7 Å². The lowest BCUT2D eigenvalue weighted by Crippen LogP contribution is -2.28. The second kappa shape index (κ2) is 9.62. The van der Waals surface area contributed by atoms with Crippen LogP contribution in [0.3, 0.4) is 0 Å². The van der Waals surface area contributed by atoms with Crippen LogP contribution in [0.2, 0.25) is 0 Å². The molecule has 1 N–H and O–H groups in total. The van der Waals surface area contributed by atoms with E-state index in [1.807, 2.05) is 36.4 Å². The molecule has 164 valence electrons. The summed E-state index contributed by atoms with van der Waals surface area (Å²) in [5, 5.41) is 4.12. The van der Waals surface area contributed by atoms with Crippen molar-refractivity contribution in [3.8, 4) is 11.5 Å². The fraction of sp³-hybridized carbons (Fsp3) is 0.200. The molecule has 0 saturated carbocycles. The predicted molar refractivity (Wildman–Crippen MR) is 122 cm³/mol. The Bertz CT molecular complexity index is 1290. The maximum Gasteiger partial charge on any atom is 0.255 e. The zero-order chi connectivity index (χ0) is 22.5. The van der Waals surface area contributed by atoms with Gasteiger partial charge in [-0.2, -0.15) is 0 Å². The normalized spacial score (nSPS) is 11.0. The number of rotatable bonds is 8. The van der Waals surface area contributed by atoms with E-state index in [0.717, 1.165) is 16.5 Å². The van der Waals surface area contributed by atoms with E-state index in [2.05, 4.69) is 10.3 Å². The van der Waals surface area contributed by atoms with Crippen molar-refractivity contribution in [3.63, 3.8) is 0 Å². The zero-order valence-electron chi connectivity index (χ0n) is 18.0. The molecular formula is C25H24FN3O3. The molecule has 6 nitrogen and oxygen atoms in total. The molecule has 0 radical (unpaired) electrons. The van der Waals surface area contributed by atoms with Crippen molar-refractivity contribution in [3.05, 3.63) is 99.9 Å². The Morgan fingerprint density at radius 3 is 2.59 bits per heavy atom. The number of ether oxygens (including phenoxy) is 2. The number of fused-ring (bicyclic) bond motifs is 1. The zero-order valence-corrected chi connectivity index (χ0v) is 18.0. The first-order valence-corrected chi connectivity index (χ1v) is 10.2. The van der Waals surface area contributed by atoms with Crippen molar-refractivity contribution in [2.24, 2.45) is 0 Å². The number of hydrogen-bond donors (Lipinski definition) is 1. The number of hydrogen-bond acceptors (Lipinski definition) is 5. The van der Waals surface area contributed by atoms with Gasteiger partial charge in [-0.1, -0.05) is 12.1 Å². The highest BCUT2D eigenvalue weighted by atomic mass is 19.1. The van der Waals surface area contributed by atoms with E-state index in [0.29, 0.717) is 42.2 Å². The molecule has 2 heterocycles. The highest BCUT2D eigenvalue weighted by molar-refractivity contribution is 5.79. The number of halogens is 1. The van der Waals surface area contributed by atoms with Gasteiger partial charge >= 0.3 is 0 Å². The van der Waals surface area contributed by atoms with Gasteiger partial charge in [-0.25, -0.2) is 4.39 Å². The van der Waals surface area contributed by atoms with E-state index in [4.69, 9.17) is 9.47 Å². The maximum absolute atomic E-state index is 13.9. The van der Waals surface area contributed by atoms with Gasteiger partial charge in [0.15, 0.2) is 0 Å². The van der Waals surface area contributed by atoms with E-state index < -0.39 is 0 Å². The van der Waals surface area contributed by atoms with Crippen LogP contribution in [0, 0.1) is 5.82 Å². The molecule has 0 aliphatic carbocycles. The third-order valence-corrected chi connectivity index (χ3v) is 5.32. The Morgan fingerprint density at radius 1 is 1.00 bits per heavy atom. The third kappa shape index (κ3) is 4.63. The highest BCUT2D eigenvalue weighted by Gasteiger charge is 2.12. The first kappa shape index (κ1) is 21.5. The molecule has 0 aliphatic heterocycles. The molecule has 7 heteroatoms. The molecule has 2 aromatic carbocycles. The van der Waals surface area contributed by atoms with Crippen molar-refractivity contribution < 1.29 is 13.9 Å². The number of methoxy groups -OCH3 is 2. The van der Waals surface area contributed by atoms with Gasteiger partial charge in [0.05, 0.1) is 26.3 Å². The van der Waals surface area contributed by atoms with Crippen molar-refractivity contribution in [1.82, 2.24) is 14.9 Å². The number of nitrogens with one attached hydrogen (secondary N) is 1. The van der Waals surface area contributed by atoms with Gasteiger partial charge in [0.25, 0.3) is 5.56 Å². The Morgan fingerprint density at radius 2 is 1.84 bits per heavy atom. The summed E-state index contributed by atoms with van der Waals surface area (Å²) in [4.78, 5) is 17.4. The topological polar surface area (TPSA) is 65.4 Å². The summed E-state index contributed by atoms with van der Waals surface area (Å²) in [6.45, 7) is 1.18. The summed E-state index contributed by atoms with van der Waals surface area (Å²) in [7, 11) is 3.21. The molecular weight excluding hydrogens is 409 g/mol. The second-order valence-corrected chi connectivity index (χ2v) is 7.41. The summed E-state index contributed by atoms with van der Waals surface area (Å²) >= 11 is 0. The number of benzene rings is 2. The number of pyridine rings is 2. The van der Waals surface area contributed by atoms with Crippen LogP contribution in [0.25, 0.3) is 10.9 Å². The molecule has 0 atom stereocenters. The smallest absolute Gasteiger partial charge is 0.255 e. The van der Waals surface area contributed by atoms with Crippen LogP contribution in [0.5, 0.6) is 11.5 Å². The van der Waals surface area contributed by atoms with E-state index in [9.17, 15) is 9.18 Å². The lowest BCUT2D eigenvalue weighted by atomic mass is 10.1. The van der Waals surface area contributed by atoms with E-state index >= 15 is 0 Å². The van der Waals surface area contributed by atoms with Crippen LogP contribution < -0.4 is 20.3 Å². The number of nitrogens with zero attached hydrogens (tertiary/aromatic N) is 2. The molecule has 0 fully saturated rings. The Labute approximate surface area is 185 Å². The highest BCUT2D eigenvalue weighted by Crippen LogP contribution is 2.24. The van der Waals surface area contributed by atoms with Gasteiger partial charge in [0.1, 0.15) is 17.3 Å². The average molecular weight is 433 g/mol. The Hall–Kier alpha value is -3.71. The van der Waals surface area contributed by atoms with E-state index in [-0.39, 0.29) is 11.4 Å². The maximum atomic E-state index is 13.9. The van der Waals surface area contributed by atoms with Crippen molar-refractivity contribution in [2.75, 3.05) is 14.2 Å². The summed E-state index contributed by atoms with van der Waals surface area (Å²) in [5.74, 6) is 1.04. The monoisotopic (exact) mass is 433 g/mol. The quantitative estimate of drug-likeness (QED) is 0.457. The predicted octanol–water partition coefficient (Wildman–Crippen LogP) is 3.89. The third-order valence-electron chi connectivity index (χ3n) is 5.32. The van der Waals surface area contributed by atoms with Crippen LogP contribution in [0.15, 0.2) is 71.8 Å². The van der Waals surface area contributed by atoms with Gasteiger partial charge in [-0.3, -0.25) is 9.78 Å². The number of aromatic nitrogens is 2. The van der Waals surface area contributed by atoms with Crippen molar-refractivity contribution in [2.45, 2.75) is 19.6 Å². The van der Waals surface area contributed by atoms with Gasteiger partial charge in [-0.05, 0) is 47.3 Å². The average Bonchev–Trinajstić information content (AvgIpc) is 2.82. The summed E-state index contributed by atoms with van der Waals surface area (Å²) < 4.78 is 26.2. The van der Waals surface area contributed by atoms with Gasteiger partial charge < -0.3 is 19.4 Å². The van der Waals surface area contributed by atoms with E-state index in [1.165, 1.54) is 12.1 Å². The molecule has 2 aromatic heterocycles. The Kier molecular flexibility index (Phi) is 6.47. The first-order valence-electron chi connectivity index (χ1n) is 10.2. The fourth-order valence-corrected chi connectivity index (χ4v) is 3.69.